The van der Waals surface area contributed by atoms with Gasteiger partial charge in [-0.15, -0.1) is 11.3 Å². The molecule has 2 fully saturated rings. The van der Waals surface area contributed by atoms with Crippen LogP contribution in [0.25, 0.3) is 0 Å². The second kappa shape index (κ2) is 10.7. The van der Waals surface area contributed by atoms with E-state index < -0.39 is 12.1 Å². The molecule has 3 heterocycles. The number of hydrogen-bond acceptors (Lipinski definition) is 7. The lowest BCUT2D eigenvalue weighted by Crippen LogP contribution is -2.47. The average Bonchev–Trinajstić information content (AvgIpc) is 3.29. The Morgan fingerprint density at radius 1 is 1.45 bits per heavy atom. The third-order valence-electron chi connectivity index (χ3n) is 5.24. The fraction of sp³-hybridized carbons (Fsp3) is 0.737. The number of nitrogens with zero attached hydrogens (tertiary/aromatic N) is 3. The van der Waals surface area contributed by atoms with Crippen LogP contribution in [0.2, 0.25) is 0 Å². The quantitative estimate of drug-likeness (QED) is 0.728. The number of carboxylic acids is 1. The summed E-state index contributed by atoms with van der Waals surface area (Å²) < 4.78 is 43.9. The largest absolute Gasteiger partial charge is 0.490 e. The van der Waals surface area contributed by atoms with E-state index in [1.54, 1.807) is 10.9 Å². The minimum atomic E-state index is -5.08. The number of carbonyl (C=O) groups excluding carboxylic acids is 1. The molecule has 0 radical (unpaired) electrons. The van der Waals surface area contributed by atoms with Gasteiger partial charge in [-0.3, -0.25) is 4.79 Å². The fourth-order valence-corrected chi connectivity index (χ4v) is 3.86. The first kappa shape index (κ1) is 25.5. The highest BCUT2D eigenvalue weighted by Gasteiger charge is 2.44. The van der Waals surface area contributed by atoms with Crippen LogP contribution in [-0.2, 0) is 14.3 Å². The van der Waals surface area contributed by atoms with Gasteiger partial charge in [0.15, 0.2) is 0 Å². The van der Waals surface area contributed by atoms with Crippen molar-refractivity contribution in [2.75, 3.05) is 39.9 Å². The van der Waals surface area contributed by atoms with Crippen LogP contribution in [0.4, 0.5) is 13.2 Å². The SMILES string of the molecule is CC(C)N(C)CC1CCC2(COCCN(C(=O)c3cscn3)C2)O1.O=C(O)C(F)(F)F. The van der Waals surface area contributed by atoms with Crippen molar-refractivity contribution in [1.82, 2.24) is 14.8 Å². The van der Waals surface area contributed by atoms with Crippen molar-refractivity contribution in [2.45, 2.75) is 50.6 Å². The minimum Gasteiger partial charge on any atom is -0.475 e. The Morgan fingerprint density at radius 2 is 2.13 bits per heavy atom. The number of aromatic nitrogens is 1. The molecule has 0 aromatic carbocycles. The van der Waals surface area contributed by atoms with E-state index in [0.717, 1.165) is 19.4 Å². The molecule has 1 N–H and O–H groups in total. The molecule has 2 atom stereocenters. The first-order valence-electron chi connectivity index (χ1n) is 9.87. The lowest BCUT2D eigenvalue weighted by atomic mass is 10.00. The zero-order valence-electron chi connectivity index (χ0n) is 17.7. The van der Waals surface area contributed by atoms with Crippen LogP contribution >= 0.6 is 11.3 Å². The predicted molar refractivity (Wildman–Crippen MR) is 107 cm³/mol. The Bertz CT molecular complexity index is 732. The number of thiazole rings is 1. The first-order chi connectivity index (χ1) is 14.4. The standard InChI is InChI=1S/C17H27N3O3S.C2HF3O2/c1-13(2)19(3)8-14-4-5-17(23-14)10-20(6-7-22-11-17)16(21)15-9-24-12-18-15;3-2(4,5)1(6)7/h9,12-14H,4-8,10-11H2,1-3H3;(H,6,7). The highest BCUT2D eigenvalue weighted by molar-refractivity contribution is 7.07. The molecular weight excluding hydrogens is 439 g/mol. The second-order valence-corrected chi connectivity index (χ2v) is 8.67. The summed E-state index contributed by atoms with van der Waals surface area (Å²) in [5.74, 6) is -2.78. The maximum atomic E-state index is 12.7. The number of hydrogen-bond donors (Lipinski definition) is 1. The van der Waals surface area contributed by atoms with Crippen molar-refractivity contribution in [3.63, 3.8) is 0 Å². The number of ether oxygens (including phenoxy) is 2. The molecule has 0 aliphatic carbocycles. The molecule has 0 bridgehead atoms. The molecule has 1 aromatic rings. The predicted octanol–water partition coefficient (Wildman–Crippen LogP) is 2.51. The Balaban J connectivity index is 0.000000423. The van der Waals surface area contributed by atoms with Gasteiger partial charge in [-0.1, -0.05) is 0 Å². The van der Waals surface area contributed by atoms with E-state index >= 15 is 0 Å². The number of alkyl halides is 3. The Hall–Kier alpha value is -1.76. The third kappa shape index (κ3) is 7.41. The van der Waals surface area contributed by atoms with Gasteiger partial charge in [-0.05, 0) is 33.7 Å². The van der Waals surface area contributed by atoms with Gasteiger partial charge in [0.25, 0.3) is 5.91 Å². The van der Waals surface area contributed by atoms with E-state index in [0.29, 0.717) is 38.0 Å². The topological polar surface area (TPSA) is 92.2 Å². The minimum absolute atomic E-state index is 0.0209. The maximum absolute atomic E-state index is 12.7. The maximum Gasteiger partial charge on any atom is 0.490 e. The number of amides is 1. The summed E-state index contributed by atoms with van der Waals surface area (Å²) in [6.07, 6.45) is -2.93. The first-order valence-corrected chi connectivity index (χ1v) is 10.8. The van der Waals surface area contributed by atoms with Crippen LogP contribution < -0.4 is 0 Å². The van der Waals surface area contributed by atoms with Crippen LogP contribution in [0.1, 0.15) is 37.2 Å². The molecule has 0 saturated carbocycles. The second-order valence-electron chi connectivity index (χ2n) is 7.95. The lowest BCUT2D eigenvalue weighted by Gasteiger charge is -2.32. The molecule has 2 unspecified atom stereocenters. The van der Waals surface area contributed by atoms with Gasteiger partial charge in [0.2, 0.25) is 0 Å². The van der Waals surface area contributed by atoms with E-state index in [1.807, 2.05) is 4.90 Å². The van der Waals surface area contributed by atoms with Gasteiger partial charge in [0.1, 0.15) is 11.3 Å². The summed E-state index contributed by atoms with van der Waals surface area (Å²) in [5.41, 5.74) is 1.84. The van der Waals surface area contributed by atoms with E-state index in [4.69, 9.17) is 19.4 Å². The zero-order valence-corrected chi connectivity index (χ0v) is 18.5. The zero-order chi connectivity index (χ0) is 23.2. The lowest BCUT2D eigenvalue weighted by molar-refractivity contribution is -0.192. The van der Waals surface area contributed by atoms with Crippen molar-refractivity contribution in [2.24, 2.45) is 0 Å². The Morgan fingerprint density at radius 3 is 2.68 bits per heavy atom. The monoisotopic (exact) mass is 467 g/mol. The number of aliphatic carboxylic acids is 1. The third-order valence-corrected chi connectivity index (χ3v) is 5.83. The molecule has 1 spiro atoms. The Kier molecular flexibility index (Phi) is 8.81. The molecule has 12 heteroatoms. The van der Waals surface area contributed by atoms with Crippen LogP contribution in [0.15, 0.2) is 10.9 Å². The molecule has 2 aliphatic rings. The van der Waals surface area contributed by atoms with Crippen LogP contribution in [-0.4, -0.2) is 95.6 Å². The van der Waals surface area contributed by atoms with Gasteiger partial charge in [0.05, 0.1) is 31.4 Å². The summed E-state index contributed by atoms with van der Waals surface area (Å²) in [7, 11) is 2.13. The Labute approximate surface area is 182 Å². The molecule has 31 heavy (non-hydrogen) atoms. The number of carboxylic acid groups (broad SMARTS) is 1. The van der Waals surface area contributed by atoms with Crippen molar-refractivity contribution in [1.29, 1.82) is 0 Å². The summed E-state index contributed by atoms with van der Waals surface area (Å²) in [6.45, 7) is 7.59. The van der Waals surface area contributed by atoms with E-state index in [1.165, 1.54) is 11.3 Å². The average molecular weight is 468 g/mol. The van der Waals surface area contributed by atoms with Gasteiger partial charge >= 0.3 is 12.1 Å². The summed E-state index contributed by atoms with van der Waals surface area (Å²) in [6, 6.07) is 0.498. The fourth-order valence-electron chi connectivity index (χ4n) is 3.34. The smallest absolute Gasteiger partial charge is 0.475 e. The van der Waals surface area contributed by atoms with Crippen LogP contribution in [0.5, 0.6) is 0 Å². The van der Waals surface area contributed by atoms with Crippen molar-refractivity contribution in [3.05, 3.63) is 16.6 Å². The highest BCUT2D eigenvalue weighted by Crippen LogP contribution is 2.33. The van der Waals surface area contributed by atoms with E-state index in [-0.39, 0.29) is 17.6 Å². The molecule has 1 aromatic heterocycles. The number of halogens is 3. The summed E-state index contributed by atoms with van der Waals surface area (Å²) >= 11 is 1.44. The normalized spacial score (nSPS) is 24.3. The van der Waals surface area contributed by atoms with Crippen molar-refractivity contribution < 1.29 is 37.3 Å². The highest BCUT2D eigenvalue weighted by atomic mass is 32.1. The van der Waals surface area contributed by atoms with Gasteiger partial charge < -0.3 is 24.4 Å². The van der Waals surface area contributed by atoms with Gasteiger partial charge in [-0.2, -0.15) is 13.2 Å². The molecule has 3 rings (SSSR count). The molecular formula is C19H28F3N3O5S. The summed E-state index contributed by atoms with van der Waals surface area (Å²) in [4.78, 5) is 29.8. The molecule has 2 aliphatic heterocycles. The number of carbonyl (C=O) groups is 2. The van der Waals surface area contributed by atoms with E-state index in [2.05, 4.69) is 30.8 Å². The van der Waals surface area contributed by atoms with Crippen LogP contribution in [0.3, 0.4) is 0 Å². The van der Waals surface area contributed by atoms with Gasteiger partial charge in [0, 0.05) is 24.5 Å². The van der Waals surface area contributed by atoms with Crippen molar-refractivity contribution >= 4 is 23.2 Å². The van der Waals surface area contributed by atoms with Crippen molar-refractivity contribution in [3.8, 4) is 0 Å². The number of likely N-dealkylation sites (N-methyl/N-ethyl adjacent to an activating group) is 1. The van der Waals surface area contributed by atoms with Gasteiger partial charge in [-0.25, -0.2) is 9.78 Å². The molecule has 2 saturated heterocycles. The van der Waals surface area contributed by atoms with E-state index in [9.17, 15) is 18.0 Å². The van der Waals surface area contributed by atoms with Crippen LogP contribution in [0, 0.1) is 0 Å². The molecule has 1 amide bonds. The summed E-state index contributed by atoms with van der Waals surface area (Å²) in [5, 5.41) is 8.93. The number of rotatable bonds is 4. The molecule has 8 nitrogen and oxygen atoms in total. The molecule has 176 valence electrons.